The lowest BCUT2D eigenvalue weighted by Crippen LogP contribution is -2.06. The van der Waals surface area contributed by atoms with Crippen LogP contribution in [0, 0.1) is 0 Å². The zero-order valence-corrected chi connectivity index (χ0v) is 11.1. The molecule has 0 atom stereocenters. The summed E-state index contributed by atoms with van der Waals surface area (Å²) in [6.45, 7) is 1.79. The van der Waals surface area contributed by atoms with Crippen molar-refractivity contribution in [1.29, 1.82) is 0 Å². The number of nitrogens with zero attached hydrogens (tertiary/aromatic N) is 3. The number of carbonyl (C=O) groups excluding carboxylic acids is 2. The first kappa shape index (κ1) is 13.7. The fourth-order valence-corrected chi connectivity index (χ4v) is 1.57. The van der Waals surface area contributed by atoms with Gasteiger partial charge < -0.3 is 9.47 Å². The molecule has 0 aliphatic carbocycles. The first-order chi connectivity index (χ1) is 9.58. The lowest BCUT2D eigenvalue weighted by atomic mass is 10.2. The van der Waals surface area contributed by atoms with Crippen molar-refractivity contribution in [2.45, 2.75) is 13.5 Å². The Bertz CT molecular complexity index is 619. The highest BCUT2D eigenvalue weighted by Crippen LogP contribution is 2.13. The molecule has 0 N–H and O–H groups in total. The van der Waals surface area contributed by atoms with Crippen molar-refractivity contribution in [3.63, 3.8) is 0 Å². The van der Waals surface area contributed by atoms with Gasteiger partial charge in [-0.25, -0.2) is 14.5 Å². The van der Waals surface area contributed by atoms with Crippen molar-refractivity contribution >= 4 is 11.9 Å². The van der Waals surface area contributed by atoms with E-state index in [0.29, 0.717) is 12.3 Å². The monoisotopic (exact) mass is 275 g/mol. The zero-order valence-electron chi connectivity index (χ0n) is 11.1. The molecule has 0 unspecified atom stereocenters. The van der Waals surface area contributed by atoms with E-state index < -0.39 is 5.97 Å². The minimum absolute atomic E-state index is 0.0176. The Morgan fingerprint density at radius 1 is 1.25 bits per heavy atom. The Labute approximate surface area is 115 Å². The van der Waals surface area contributed by atoms with Crippen LogP contribution in [-0.4, -0.2) is 33.8 Å². The summed E-state index contributed by atoms with van der Waals surface area (Å²) in [5.41, 5.74) is 0.933. The molecule has 0 saturated heterocycles. The average Bonchev–Trinajstić information content (AvgIpc) is 2.88. The molecule has 2 aromatic rings. The quantitative estimate of drug-likeness (QED) is 0.612. The van der Waals surface area contributed by atoms with Gasteiger partial charge in [-0.2, -0.15) is 0 Å². The third kappa shape index (κ3) is 3.41. The minimum atomic E-state index is -0.575. The molecule has 0 radical (unpaired) electrons. The van der Waals surface area contributed by atoms with Crippen molar-refractivity contribution in [3.05, 3.63) is 42.0 Å². The second-order valence-electron chi connectivity index (χ2n) is 3.99. The number of aromatic nitrogens is 3. The molecule has 2 rings (SSSR count). The zero-order chi connectivity index (χ0) is 14.5. The van der Waals surface area contributed by atoms with Gasteiger partial charge in [0.05, 0.1) is 13.7 Å². The van der Waals surface area contributed by atoms with Crippen LogP contribution in [0.3, 0.4) is 0 Å². The summed E-state index contributed by atoms with van der Waals surface area (Å²) < 4.78 is 11.0. The van der Waals surface area contributed by atoms with E-state index in [9.17, 15) is 9.59 Å². The number of rotatable bonds is 4. The molecule has 0 aliphatic rings. The molecular formula is C13H13N3O4. The van der Waals surface area contributed by atoms with E-state index in [2.05, 4.69) is 14.8 Å². The Morgan fingerprint density at radius 2 is 1.95 bits per heavy atom. The second kappa shape index (κ2) is 5.96. The summed E-state index contributed by atoms with van der Waals surface area (Å²) in [7, 11) is 1.27. The molecule has 0 aliphatic heterocycles. The van der Waals surface area contributed by atoms with Gasteiger partial charge in [-0.1, -0.05) is 12.1 Å². The summed E-state index contributed by atoms with van der Waals surface area (Å²) in [4.78, 5) is 25.9. The molecule has 7 nitrogen and oxygen atoms in total. The van der Waals surface area contributed by atoms with Crippen molar-refractivity contribution in [1.82, 2.24) is 14.8 Å². The third-order valence-corrected chi connectivity index (χ3v) is 2.43. The summed E-state index contributed by atoms with van der Waals surface area (Å²) >= 11 is 0. The van der Waals surface area contributed by atoms with Crippen LogP contribution in [-0.2, 0) is 16.1 Å². The number of hydrogen-bond donors (Lipinski definition) is 0. The standard InChI is InChI=1S/C13H13N3O4/c1-9(17)20-11-5-3-10(4-6-11)7-16-8-14-12(15-16)13(18)19-2/h3-6,8H,7H2,1-2H3. The van der Waals surface area contributed by atoms with Gasteiger partial charge >= 0.3 is 11.9 Å². The maximum atomic E-state index is 11.2. The molecule has 1 heterocycles. The van der Waals surface area contributed by atoms with Crippen LogP contribution < -0.4 is 4.74 Å². The number of benzene rings is 1. The van der Waals surface area contributed by atoms with Crippen LogP contribution >= 0.6 is 0 Å². The Kier molecular flexibility index (Phi) is 4.09. The van der Waals surface area contributed by atoms with E-state index in [1.807, 2.05) is 0 Å². The van der Waals surface area contributed by atoms with Crippen LogP contribution in [0.15, 0.2) is 30.6 Å². The Balaban J connectivity index is 2.04. The molecule has 0 saturated carbocycles. The highest BCUT2D eigenvalue weighted by Gasteiger charge is 2.11. The highest BCUT2D eigenvalue weighted by molar-refractivity contribution is 5.84. The largest absolute Gasteiger partial charge is 0.463 e. The van der Waals surface area contributed by atoms with E-state index in [4.69, 9.17) is 4.74 Å². The van der Waals surface area contributed by atoms with Crippen molar-refractivity contribution in [3.8, 4) is 5.75 Å². The van der Waals surface area contributed by atoms with E-state index in [-0.39, 0.29) is 11.8 Å². The molecule has 7 heteroatoms. The van der Waals surface area contributed by atoms with E-state index in [1.165, 1.54) is 25.0 Å². The molecule has 0 bridgehead atoms. The third-order valence-electron chi connectivity index (χ3n) is 2.43. The van der Waals surface area contributed by atoms with Crippen LogP contribution in [0.4, 0.5) is 0 Å². The van der Waals surface area contributed by atoms with Crippen LogP contribution in [0.25, 0.3) is 0 Å². The first-order valence-electron chi connectivity index (χ1n) is 5.83. The van der Waals surface area contributed by atoms with Gasteiger partial charge in [-0.3, -0.25) is 4.79 Å². The summed E-state index contributed by atoms with van der Waals surface area (Å²) in [6, 6.07) is 6.99. The van der Waals surface area contributed by atoms with Crippen molar-refractivity contribution < 1.29 is 19.1 Å². The van der Waals surface area contributed by atoms with Gasteiger partial charge in [0.15, 0.2) is 0 Å². The molecule has 0 amide bonds. The van der Waals surface area contributed by atoms with Gasteiger partial charge in [0.2, 0.25) is 0 Å². The van der Waals surface area contributed by atoms with E-state index in [1.54, 1.807) is 24.3 Å². The Hall–Kier alpha value is -2.70. The molecule has 0 fully saturated rings. The van der Waals surface area contributed by atoms with Gasteiger partial charge in [0.1, 0.15) is 12.1 Å². The van der Waals surface area contributed by atoms with E-state index >= 15 is 0 Å². The summed E-state index contributed by atoms with van der Waals surface area (Å²) in [5.74, 6) is -0.440. The number of carbonyl (C=O) groups is 2. The fourth-order valence-electron chi connectivity index (χ4n) is 1.57. The number of esters is 2. The van der Waals surface area contributed by atoms with Gasteiger partial charge in [-0.05, 0) is 17.7 Å². The predicted octanol–water partition coefficient (Wildman–Crippen LogP) is 1.04. The van der Waals surface area contributed by atoms with Crippen LogP contribution in [0.1, 0.15) is 23.1 Å². The average molecular weight is 275 g/mol. The second-order valence-corrected chi connectivity index (χ2v) is 3.99. The van der Waals surface area contributed by atoms with Gasteiger partial charge in [0.25, 0.3) is 5.82 Å². The molecule has 20 heavy (non-hydrogen) atoms. The van der Waals surface area contributed by atoms with E-state index in [0.717, 1.165) is 5.56 Å². The van der Waals surface area contributed by atoms with Gasteiger partial charge in [0, 0.05) is 6.92 Å². The number of hydrogen-bond acceptors (Lipinski definition) is 6. The normalized spacial score (nSPS) is 10.1. The van der Waals surface area contributed by atoms with Crippen molar-refractivity contribution in [2.75, 3.05) is 7.11 Å². The number of ether oxygens (including phenoxy) is 2. The summed E-state index contributed by atoms with van der Waals surface area (Å²) in [6.07, 6.45) is 1.45. The maximum Gasteiger partial charge on any atom is 0.377 e. The first-order valence-corrected chi connectivity index (χ1v) is 5.83. The topological polar surface area (TPSA) is 83.3 Å². The molecule has 0 spiro atoms. The molecule has 1 aromatic carbocycles. The summed E-state index contributed by atoms with van der Waals surface area (Å²) in [5, 5.41) is 3.99. The highest BCUT2D eigenvalue weighted by atomic mass is 16.5. The maximum absolute atomic E-state index is 11.2. The molecule has 1 aromatic heterocycles. The molecule has 104 valence electrons. The smallest absolute Gasteiger partial charge is 0.377 e. The molecular weight excluding hydrogens is 262 g/mol. The van der Waals surface area contributed by atoms with Crippen LogP contribution in [0.5, 0.6) is 5.75 Å². The predicted molar refractivity (Wildman–Crippen MR) is 68.2 cm³/mol. The van der Waals surface area contributed by atoms with Crippen LogP contribution in [0.2, 0.25) is 0 Å². The number of methoxy groups -OCH3 is 1. The fraction of sp³-hybridized carbons (Fsp3) is 0.231. The van der Waals surface area contributed by atoms with Crippen molar-refractivity contribution in [2.24, 2.45) is 0 Å². The lowest BCUT2D eigenvalue weighted by Gasteiger charge is -2.03. The Morgan fingerprint density at radius 3 is 2.55 bits per heavy atom. The minimum Gasteiger partial charge on any atom is -0.463 e. The lowest BCUT2D eigenvalue weighted by molar-refractivity contribution is -0.131. The van der Waals surface area contributed by atoms with Gasteiger partial charge in [-0.15, -0.1) is 5.10 Å². The SMILES string of the molecule is COC(=O)c1ncn(Cc2ccc(OC(C)=O)cc2)n1.